The molecule has 0 radical (unpaired) electrons. The van der Waals surface area contributed by atoms with Crippen LogP contribution in [0, 0.1) is 5.92 Å². The average Bonchev–Trinajstić information content (AvgIpc) is 3.46. The van der Waals surface area contributed by atoms with Gasteiger partial charge in [0.15, 0.2) is 6.29 Å². The summed E-state index contributed by atoms with van der Waals surface area (Å²) in [6.07, 6.45) is -9.56. The number of nitrogens with one attached hydrogen (secondary N) is 1. The van der Waals surface area contributed by atoms with E-state index in [2.05, 4.69) is 17.4 Å². The zero-order chi connectivity index (χ0) is 30.6. The molecule has 1 N–H and O–H groups in total. The molecule has 2 aliphatic heterocycles. The van der Waals surface area contributed by atoms with Crippen LogP contribution in [0.25, 0.3) is 0 Å². The summed E-state index contributed by atoms with van der Waals surface area (Å²) in [6.45, 7) is 3.21. The predicted molar refractivity (Wildman–Crippen MR) is 149 cm³/mol. The molecule has 43 heavy (non-hydrogen) atoms. The van der Waals surface area contributed by atoms with Gasteiger partial charge < -0.3 is 19.5 Å². The van der Waals surface area contributed by atoms with Crippen molar-refractivity contribution >= 4 is 0 Å². The lowest BCUT2D eigenvalue weighted by atomic mass is 9.77. The quantitative estimate of drug-likeness (QED) is 0.249. The number of ether oxygens (including phenoxy) is 3. The largest absolute Gasteiger partial charge is 0.416 e. The van der Waals surface area contributed by atoms with Crippen molar-refractivity contribution in [1.29, 1.82) is 0 Å². The molecule has 2 unspecified atom stereocenters. The van der Waals surface area contributed by atoms with Crippen LogP contribution in [-0.4, -0.2) is 31.6 Å². The fraction of sp³-hybridized carbons (Fsp3) is 0.455. The molecule has 2 aliphatic rings. The smallest absolute Gasteiger partial charge is 0.373 e. The molecule has 10 heteroatoms. The van der Waals surface area contributed by atoms with Crippen LogP contribution in [0.5, 0.6) is 0 Å². The van der Waals surface area contributed by atoms with Crippen molar-refractivity contribution in [3.8, 4) is 0 Å². The molecule has 4 nitrogen and oxygen atoms in total. The maximum atomic E-state index is 13.5. The second kappa shape index (κ2) is 13.4. The Morgan fingerprint density at radius 2 is 1.47 bits per heavy atom. The van der Waals surface area contributed by atoms with Gasteiger partial charge in [0, 0.05) is 19.0 Å². The summed E-state index contributed by atoms with van der Waals surface area (Å²) >= 11 is 0. The minimum absolute atomic E-state index is 0.0141. The van der Waals surface area contributed by atoms with Crippen molar-refractivity contribution in [1.82, 2.24) is 5.32 Å². The second-order valence-electron chi connectivity index (χ2n) is 11.2. The van der Waals surface area contributed by atoms with Gasteiger partial charge in [-0.1, -0.05) is 60.7 Å². The number of rotatable bonds is 9. The van der Waals surface area contributed by atoms with Crippen molar-refractivity contribution < 1.29 is 40.6 Å². The van der Waals surface area contributed by atoms with E-state index in [4.69, 9.17) is 14.2 Å². The lowest BCUT2D eigenvalue weighted by Crippen LogP contribution is -2.42. The lowest BCUT2D eigenvalue weighted by molar-refractivity contribution is -0.218. The monoisotopic (exact) mass is 607 g/mol. The van der Waals surface area contributed by atoms with E-state index in [0.29, 0.717) is 31.7 Å². The lowest BCUT2D eigenvalue weighted by Gasteiger charge is -2.41. The molecule has 2 saturated heterocycles. The zero-order valence-electron chi connectivity index (χ0n) is 23.7. The van der Waals surface area contributed by atoms with Gasteiger partial charge in [-0.25, -0.2) is 0 Å². The Balaban J connectivity index is 1.32. The Morgan fingerprint density at radius 1 is 0.837 bits per heavy atom. The van der Waals surface area contributed by atoms with Gasteiger partial charge in [-0.15, -0.1) is 0 Å². The van der Waals surface area contributed by atoms with E-state index in [1.165, 1.54) is 12.5 Å². The minimum Gasteiger partial charge on any atom is -0.373 e. The van der Waals surface area contributed by atoms with Crippen molar-refractivity contribution in [2.24, 2.45) is 5.92 Å². The highest BCUT2D eigenvalue weighted by molar-refractivity contribution is 5.35. The second-order valence-corrected chi connectivity index (χ2v) is 11.2. The highest BCUT2D eigenvalue weighted by Crippen LogP contribution is 2.45. The Bertz CT molecular complexity index is 1290. The Morgan fingerprint density at radius 3 is 2.09 bits per heavy atom. The SMILES string of the molecule is C[C@@H](O[C@H]1OCC[C@@H](C2CCC(CNCc3ccccc3)O2)[C@@H]1c1ccccc1)c1cc(C(F)(F)F)cc(C(F)(F)F)c1. The van der Waals surface area contributed by atoms with E-state index in [1.807, 2.05) is 48.5 Å². The molecule has 0 bridgehead atoms. The fourth-order valence-electron chi connectivity index (χ4n) is 6.09. The van der Waals surface area contributed by atoms with Crippen molar-refractivity contribution in [3.63, 3.8) is 0 Å². The van der Waals surface area contributed by atoms with E-state index in [0.717, 1.165) is 24.9 Å². The average molecular weight is 608 g/mol. The molecule has 3 aromatic carbocycles. The van der Waals surface area contributed by atoms with Crippen LogP contribution >= 0.6 is 0 Å². The van der Waals surface area contributed by atoms with Gasteiger partial charge in [0.2, 0.25) is 0 Å². The van der Waals surface area contributed by atoms with Gasteiger partial charge >= 0.3 is 12.4 Å². The Kier molecular flexibility index (Phi) is 9.80. The minimum atomic E-state index is -4.94. The molecule has 0 aromatic heterocycles. The summed E-state index contributed by atoms with van der Waals surface area (Å²) in [5.41, 5.74) is -0.870. The topological polar surface area (TPSA) is 39.7 Å². The van der Waals surface area contributed by atoms with Gasteiger partial charge in [0.25, 0.3) is 0 Å². The maximum absolute atomic E-state index is 13.5. The zero-order valence-corrected chi connectivity index (χ0v) is 23.7. The predicted octanol–water partition coefficient (Wildman–Crippen LogP) is 8.29. The van der Waals surface area contributed by atoms with E-state index < -0.39 is 35.9 Å². The number of benzene rings is 3. The van der Waals surface area contributed by atoms with Crippen molar-refractivity contribution in [2.75, 3.05) is 13.2 Å². The van der Waals surface area contributed by atoms with E-state index >= 15 is 0 Å². The summed E-state index contributed by atoms with van der Waals surface area (Å²) in [5, 5.41) is 3.46. The van der Waals surface area contributed by atoms with E-state index in [9.17, 15) is 26.3 Å². The highest BCUT2D eigenvalue weighted by Gasteiger charge is 2.44. The normalized spacial score (nSPS) is 25.5. The summed E-state index contributed by atoms with van der Waals surface area (Å²) in [5.74, 6) is -0.342. The molecule has 2 fully saturated rings. The van der Waals surface area contributed by atoms with Crippen molar-refractivity contribution in [3.05, 3.63) is 107 Å². The van der Waals surface area contributed by atoms with E-state index in [1.54, 1.807) is 0 Å². The molecule has 3 aromatic rings. The third-order valence-corrected chi connectivity index (χ3v) is 8.25. The molecule has 232 valence electrons. The summed E-state index contributed by atoms with van der Waals surface area (Å²) < 4.78 is 99.8. The van der Waals surface area contributed by atoms with Crippen LogP contribution in [0.3, 0.4) is 0 Å². The van der Waals surface area contributed by atoms with Crippen LogP contribution in [0.1, 0.15) is 66.0 Å². The third-order valence-electron chi connectivity index (χ3n) is 8.25. The van der Waals surface area contributed by atoms with Crippen LogP contribution in [-0.2, 0) is 33.1 Å². The standard InChI is InChI=1S/C33H35F6NO3/c1-21(24-16-25(32(34,35)36)18-26(17-24)33(37,38)39)42-31-30(23-10-6-3-7-11-23)28(14-15-41-31)29-13-12-27(43-29)20-40-19-22-8-4-2-5-9-22/h2-11,16-18,21,27-31,40H,12-15,19-20H2,1H3/t21-,27?,28+,29?,30+,31-/m1/s1. The first-order chi connectivity index (χ1) is 20.5. The maximum Gasteiger partial charge on any atom is 0.416 e. The number of halogens is 6. The van der Waals surface area contributed by atoms with Gasteiger partial charge in [0.1, 0.15) is 0 Å². The number of alkyl halides is 6. The Hall–Kier alpha value is -2.92. The first kappa shape index (κ1) is 31.5. The van der Waals surface area contributed by atoms with Crippen LogP contribution in [0.2, 0.25) is 0 Å². The number of hydrogen-bond donors (Lipinski definition) is 1. The molecule has 0 saturated carbocycles. The fourth-order valence-corrected chi connectivity index (χ4v) is 6.09. The van der Waals surface area contributed by atoms with Gasteiger partial charge in [0.05, 0.1) is 36.0 Å². The molecular formula is C33H35F6NO3. The van der Waals surface area contributed by atoms with Gasteiger partial charge in [-0.2, -0.15) is 26.3 Å². The summed E-state index contributed by atoms with van der Waals surface area (Å²) in [4.78, 5) is 0. The molecule has 6 atom stereocenters. The van der Waals surface area contributed by atoms with Crippen molar-refractivity contribution in [2.45, 2.75) is 75.6 Å². The van der Waals surface area contributed by atoms with Gasteiger partial charge in [-0.05, 0) is 67.0 Å². The summed E-state index contributed by atoms with van der Waals surface area (Å²) in [6, 6.07) is 21.2. The molecule has 5 rings (SSSR count). The number of hydrogen-bond acceptors (Lipinski definition) is 4. The molecular weight excluding hydrogens is 572 g/mol. The van der Waals surface area contributed by atoms with Crippen LogP contribution < -0.4 is 5.32 Å². The highest BCUT2D eigenvalue weighted by atomic mass is 19.4. The van der Waals surface area contributed by atoms with E-state index in [-0.39, 0.29) is 35.7 Å². The van der Waals surface area contributed by atoms with Crippen LogP contribution in [0.15, 0.2) is 78.9 Å². The molecule has 0 aliphatic carbocycles. The molecule has 2 heterocycles. The van der Waals surface area contributed by atoms with Gasteiger partial charge in [-0.3, -0.25) is 0 Å². The first-order valence-corrected chi connectivity index (χ1v) is 14.5. The van der Waals surface area contributed by atoms with Crippen LogP contribution in [0.4, 0.5) is 26.3 Å². The third kappa shape index (κ3) is 7.98. The first-order valence-electron chi connectivity index (χ1n) is 14.5. The summed E-state index contributed by atoms with van der Waals surface area (Å²) in [7, 11) is 0. The molecule has 0 amide bonds. The molecule has 0 spiro atoms. The Labute approximate surface area is 247 Å².